The minimum atomic E-state index is -0.462. The highest BCUT2D eigenvalue weighted by molar-refractivity contribution is 6.01. The number of hydrazone groups is 1. The van der Waals surface area contributed by atoms with Gasteiger partial charge in [-0.25, -0.2) is 5.43 Å². The smallest absolute Gasteiger partial charge is 0.271 e. The predicted octanol–water partition coefficient (Wildman–Crippen LogP) is 1.80. The van der Waals surface area contributed by atoms with Crippen molar-refractivity contribution in [3.63, 3.8) is 0 Å². The van der Waals surface area contributed by atoms with E-state index < -0.39 is 5.91 Å². The van der Waals surface area contributed by atoms with Crippen LogP contribution in [0.1, 0.15) is 29.5 Å². The number of rotatable bonds is 6. The second-order valence-electron chi connectivity index (χ2n) is 4.87. The number of nitrogens with zero attached hydrogens (tertiary/aromatic N) is 1. The quantitative estimate of drug-likeness (QED) is 0.558. The summed E-state index contributed by atoms with van der Waals surface area (Å²) < 4.78 is 5.10. The van der Waals surface area contributed by atoms with Crippen molar-refractivity contribution in [3.8, 4) is 5.75 Å². The summed E-state index contributed by atoms with van der Waals surface area (Å²) in [6, 6.07) is 9.41. The van der Waals surface area contributed by atoms with Crippen LogP contribution >= 0.6 is 0 Å². The standard InChI is InChI=1S/C16H17N3O4/c1-11(8-15(21)17-10-14-6-3-7-23-14)18-19-16(22)12-4-2-5-13(20)9-12/h2-7,9,20H,8,10H2,1H3,(H,17,21)(H,19,22)/b18-11+. The van der Waals surface area contributed by atoms with E-state index in [0.717, 1.165) is 0 Å². The molecule has 0 aliphatic carbocycles. The lowest BCUT2D eigenvalue weighted by Crippen LogP contribution is -2.26. The van der Waals surface area contributed by atoms with Crippen LogP contribution in [0.3, 0.4) is 0 Å². The molecule has 2 amide bonds. The molecule has 2 aromatic rings. The molecule has 0 bridgehead atoms. The molecule has 0 aliphatic heterocycles. The normalized spacial score (nSPS) is 11.1. The second-order valence-corrected chi connectivity index (χ2v) is 4.87. The number of aromatic hydroxyl groups is 1. The topological polar surface area (TPSA) is 104 Å². The van der Waals surface area contributed by atoms with E-state index in [0.29, 0.717) is 18.0 Å². The summed E-state index contributed by atoms with van der Waals surface area (Å²) in [4.78, 5) is 23.6. The van der Waals surface area contributed by atoms with Gasteiger partial charge in [0.25, 0.3) is 5.91 Å². The molecule has 23 heavy (non-hydrogen) atoms. The third-order valence-corrected chi connectivity index (χ3v) is 2.91. The van der Waals surface area contributed by atoms with E-state index in [-0.39, 0.29) is 23.6 Å². The first-order valence-corrected chi connectivity index (χ1v) is 6.96. The Balaban J connectivity index is 1.80. The molecule has 0 spiro atoms. The summed E-state index contributed by atoms with van der Waals surface area (Å²) in [5.74, 6) is -0.0358. The Morgan fingerprint density at radius 3 is 2.78 bits per heavy atom. The van der Waals surface area contributed by atoms with Gasteiger partial charge in [-0.2, -0.15) is 5.10 Å². The van der Waals surface area contributed by atoms with Crippen LogP contribution in [0.2, 0.25) is 0 Å². The number of nitrogens with one attached hydrogen (secondary N) is 2. The molecule has 3 N–H and O–H groups in total. The summed E-state index contributed by atoms with van der Waals surface area (Å²) in [7, 11) is 0. The van der Waals surface area contributed by atoms with Crippen molar-refractivity contribution in [2.24, 2.45) is 5.10 Å². The molecule has 0 fully saturated rings. The number of furan rings is 1. The SMILES string of the molecule is C/C(CC(=O)NCc1ccco1)=N\NC(=O)c1cccc(O)c1. The summed E-state index contributed by atoms with van der Waals surface area (Å²) in [6.07, 6.45) is 1.59. The highest BCUT2D eigenvalue weighted by Gasteiger charge is 2.07. The van der Waals surface area contributed by atoms with Gasteiger partial charge in [0.2, 0.25) is 5.91 Å². The fourth-order valence-corrected chi connectivity index (χ4v) is 1.79. The first-order chi connectivity index (χ1) is 11.0. The molecule has 7 nitrogen and oxygen atoms in total. The Hall–Kier alpha value is -3.09. The van der Waals surface area contributed by atoms with Crippen LogP contribution in [0.25, 0.3) is 0 Å². The molecule has 0 saturated carbocycles. The van der Waals surface area contributed by atoms with Gasteiger partial charge < -0.3 is 14.8 Å². The second kappa shape index (κ2) is 7.79. The maximum atomic E-state index is 11.8. The van der Waals surface area contributed by atoms with Crippen molar-refractivity contribution < 1.29 is 19.1 Å². The number of hydrogen-bond acceptors (Lipinski definition) is 5. The summed E-state index contributed by atoms with van der Waals surface area (Å²) in [6.45, 7) is 1.93. The van der Waals surface area contributed by atoms with Crippen LogP contribution in [0.4, 0.5) is 0 Å². The number of carbonyl (C=O) groups excluding carboxylic acids is 2. The Bertz CT molecular complexity index is 708. The number of amides is 2. The molecule has 1 aromatic carbocycles. The Morgan fingerprint density at radius 1 is 1.26 bits per heavy atom. The van der Waals surface area contributed by atoms with Crippen LogP contribution in [-0.2, 0) is 11.3 Å². The molecule has 0 aliphatic rings. The number of phenols is 1. The average molecular weight is 315 g/mol. The highest BCUT2D eigenvalue weighted by atomic mass is 16.3. The monoisotopic (exact) mass is 315 g/mol. The third-order valence-electron chi connectivity index (χ3n) is 2.91. The van der Waals surface area contributed by atoms with Gasteiger partial charge in [0.05, 0.1) is 19.2 Å². The molecule has 0 radical (unpaired) electrons. The maximum absolute atomic E-state index is 11.8. The molecule has 0 unspecified atom stereocenters. The van der Waals surface area contributed by atoms with Gasteiger partial charge in [-0.3, -0.25) is 9.59 Å². The molecule has 0 saturated heterocycles. The van der Waals surface area contributed by atoms with Crippen molar-refractivity contribution in [1.29, 1.82) is 0 Å². The summed E-state index contributed by atoms with van der Waals surface area (Å²) >= 11 is 0. The predicted molar refractivity (Wildman–Crippen MR) is 83.9 cm³/mol. The van der Waals surface area contributed by atoms with Gasteiger partial charge in [0, 0.05) is 11.3 Å². The Morgan fingerprint density at radius 2 is 2.09 bits per heavy atom. The fraction of sp³-hybridized carbons (Fsp3) is 0.188. The van der Waals surface area contributed by atoms with Gasteiger partial charge in [-0.15, -0.1) is 0 Å². The van der Waals surface area contributed by atoms with Crippen LogP contribution in [0, 0.1) is 0 Å². The minimum absolute atomic E-state index is 0.00402. The molecule has 1 aromatic heterocycles. The van der Waals surface area contributed by atoms with Gasteiger partial charge in [-0.05, 0) is 37.3 Å². The molecular formula is C16H17N3O4. The van der Waals surface area contributed by atoms with E-state index in [1.807, 2.05) is 0 Å². The zero-order valence-corrected chi connectivity index (χ0v) is 12.6. The average Bonchev–Trinajstić information content (AvgIpc) is 3.04. The number of benzene rings is 1. The van der Waals surface area contributed by atoms with E-state index in [2.05, 4.69) is 15.8 Å². The molecule has 2 rings (SSSR count). The molecule has 1 heterocycles. The minimum Gasteiger partial charge on any atom is -0.508 e. The Kier molecular flexibility index (Phi) is 5.51. The lowest BCUT2D eigenvalue weighted by atomic mass is 10.2. The Labute approximate surface area is 133 Å². The van der Waals surface area contributed by atoms with Crippen LogP contribution in [0.15, 0.2) is 52.2 Å². The maximum Gasteiger partial charge on any atom is 0.271 e. The van der Waals surface area contributed by atoms with Gasteiger partial charge >= 0.3 is 0 Å². The van der Waals surface area contributed by atoms with E-state index in [9.17, 15) is 14.7 Å². The zero-order chi connectivity index (χ0) is 16.7. The van der Waals surface area contributed by atoms with Crippen LogP contribution in [-0.4, -0.2) is 22.6 Å². The first kappa shape index (κ1) is 16.3. The lowest BCUT2D eigenvalue weighted by molar-refractivity contribution is -0.120. The zero-order valence-electron chi connectivity index (χ0n) is 12.6. The first-order valence-electron chi connectivity index (χ1n) is 6.96. The van der Waals surface area contributed by atoms with E-state index in [1.165, 1.54) is 18.4 Å². The number of carbonyl (C=O) groups is 2. The fourth-order valence-electron chi connectivity index (χ4n) is 1.79. The van der Waals surface area contributed by atoms with E-state index >= 15 is 0 Å². The molecular weight excluding hydrogens is 298 g/mol. The highest BCUT2D eigenvalue weighted by Crippen LogP contribution is 2.10. The molecule has 7 heteroatoms. The molecule has 0 atom stereocenters. The van der Waals surface area contributed by atoms with E-state index in [1.54, 1.807) is 31.2 Å². The van der Waals surface area contributed by atoms with Gasteiger partial charge in [-0.1, -0.05) is 6.07 Å². The number of phenolic OH excluding ortho intramolecular Hbond substituents is 1. The van der Waals surface area contributed by atoms with E-state index in [4.69, 9.17) is 4.42 Å². The summed E-state index contributed by atoms with van der Waals surface area (Å²) in [5.41, 5.74) is 3.08. The van der Waals surface area contributed by atoms with Gasteiger partial charge in [0.15, 0.2) is 0 Å². The van der Waals surface area contributed by atoms with Crippen LogP contribution in [0.5, 0.6) is 5.75 Å². The van der Waals surface area contributed by atoms with Crippen molar-refractivity contribution in [2.75, 3.05) is 0 Å². The molecule has 120 valence electrons. The third kappa shape index (κ3) is 5.31. The van der Waals surface area contributed by atoms with Crippen molar-refractivity contribution in [3.05, 3.63) is 54.0 Å². The van der Waals surface area contributed by atoms with Crippen molar-refractivity contribution in [2.45, 2.75) is 19.9 Å². The number of hydrogen-bond donors (Lipinski definition) is 3. The lowest BCUT2D eigenvalue weighted by Gasteiger charge is -2.04. The van der Waals surface area contributed by atoms with Crippen molar-refractivity contribution in [1.82, 2.24) is 10.7 Å². The summed E-state index contributed by atoms with van der Waals surface area (Å²) in [5, 5.41) is 15.9. The van der Waals surface area contributed by atoms with Crippen LogP contribution < -0.4 is 10.7 Å². The largest absolute Gasteiger partial charge is 0.508 e. The van der Waals surface area contributed by atoms with Crippen molar-refractivity contribution >= 4 is 17.5 Å². The van der Waals surface area contributed by atoms with Gasteiger partial charge in [0.1, 0.15) is 11.5 Å².